The second kappa shape index (κ2) is 2.62. The summed E-state index contributed by atoms with van der Waals surface area (Å²) in [6.07, 6.45) is 0. The molecule has 0 aliphatic carbocycles. The van der Waals surface area contributed by atoms with Crippen molar-refractivity contribution in [3.05, 3.63) is 21.4 Å². The highest BCUT2D eigenvalue weighted by molar-refractivity contribution is 14.1. The number of nitrogens with zero attached hydrogens (tertiary/aromatic N) is 1. The molecule has 0 atom stereocenters. The second-order valence-corrected chi connectivity index (χ2v) is 3.85. The van der Waals surface area contributed by atoms with Crippen molar-refractivity contribution in [3.8, 4) is 0 Å². The van der Waals surface area contributed by atoms with Crippen LogP contribution in [0.15, 0.2) is 12.1 Å². The van der Waals surface area contributed by atoms with Crippen LogP contribution in [-0.4, -0.2) is 10.2 Å². The molecule has 0 amide bonds. The number of hydrogen-bond donors (Lipinski definition) is 2. The summed E-state index contributed by atoms with van der Waals surface area (Å²) in [4.78, 5) is 0. The van der Waals surface area contributed by atoms with E-state index in [0.717, 1.165) is 25.9 Å². The molecule has 0 radical (unpaired) electrons. The van der Waals surface area contributed by atoms with E-state index in [0.29, 0.717) is 0 Å². The topological polar surface area (TPSA) is 54.7 Å². The first-order valence-electron chi connectivity index (χ1n) is 3.58. The van der Waals surface area contributed by atoms with Crippen LogP contribution in [0.2, 0.25) is 0 Å². The number of hydrogen-bond acceptors (Lipinski definition) is 2. The molecule has 62 valence electrons. The summed E-state index contributed by atoms with van der Waals surface area (Å²) in [5, 5.41) is 8.20. The number of nitrogens with one attached hydrogen (secondary N) is 1. The number of H-pyrrole nitrogens is 1. The zero-order chi connectivity index (χ0) is 8.72. The molecule has 12 heavy (non-hydrogen) atoms. The average molecular weight is 273 g/mol. The Kier molecular flexibility index (Phi) is 1.71. The number of aryl methyl sites for hydroxylation is 1. The number of nitrogens with two attached hydrogens (primary N) is 1. The SMILES string of the molecule is Cc1cc(N)cc2c(I)[nH]nc12. The van der Waals surface area contributed by atoms with Crippen molar-refractivity contribution in [2.75, 3.05) is 5.73 Å². The van der Waals surface area contributed by atoms with Gasteiger partial charge >= 0.3 is 0 Å². The highest BCUT2D eigenvalue weighted by Crippen LogP contribution is 2.23. The molecule has 0 aliphatic heterocycles. The van der Waals surface area contributed by atoms with E-state index in [-0.39, 0.29) is 0 Å². The zero-order valence-corrected chi connectivity index (χ0v) is 8.71. The van der Waals surface area contributed by atoms with Crippen LogP contribution < -0.4 is 5.73 Å². The molecule has 3 N–H and O–H groups in total. The van der Waals surface area contributed by atoms with Crippen LogP contribution in [-0.2, 0) is 0 Å². The van der Waals surface area contributed by atoms with E-state index >= 15 is 0 Å². The molecular formula is C8H8IN3. The number of nitrogen functional groups attached to an aromatic ring is 1. The Bertz CT molecular complexity index is 433. The number of benzene rings is 1. The predicted octanol–water partition coefficient (Wildman–Crippen LogP) is 2.06. The summed E-state index contributed by atoms with van der Waals surface area (Å²) in [6, 6.07) is 3.87. The van der Waals surface area contributed by atoms with Gasteiger partial charge in [0.05, 0.1) is 5.52 Å². The quantitative estimate of drug-likeness (QED) is 0.570. The van der Waals surface area contributed by atoms with Gasteiger partial charge in [0.1, 0.15) is 3.70 Å². The summed E-state index contributed by atoms with van der Waals surface area (Å²) in [7, 11) is 0. The molecular weight excluding hydrogens is 265 g/mol. The molecule has 1 aromatic carbocycles. The minimum atomic E-state index is 0.791. The van der Waals surface area contributed by atoms with Gasteiger partial charge in [-0.05, 0) is 47.2 Å². The monoisotopic (exact) mass is 273 g/mol. The van der Waals surface area contributed by atoms with Crippen LogP contribution in [0, 0.1) is 10.6 Å². The van der Waals surface area contributed by atoms with Gasteiger partial charge in [-0.25, -0.2) is 0 Å². The first-order valence-corrected chi connectivity index (χ1v) is 4.66. The van der Waals surface area contributed by atoms with Crippen molar-refractivity contribution in [1.29, 1.82) is 0 Å². The Hall–Kier alpha value is -0.780. The summed E-state index contributed by atoms with van der Waals surface area (Å²) in [5.74, 6) is 0. The van der Waals surface area contributed by atoms with Crippen LogP contribution in [0.25, 0.3) is 10.9 Å². The Morgan fingerprint density at radius 2 is 2.25 bits per heavy atom. The standard InChI is InChI=1S/C8H8IN3/c1-4-2-5(10)3-6-7(4)11-12-8(6)9/h2-3H,10H2,1H3,(H,11,12). The number of aromatic amines is 1. The Balaban J connectivity index is 2.92. The van der Waals surface area contributed by atoms with Crippen LogP contribution in [0.4, 0.5) is 5.69 Å². The average Bonchev–Trinajstić information content (AvgIpc) is 2.33. The van der Waals surface area contributed by atoms with Crippen LogP contribution >= 0.6 is 22.6 Å². The number of aromatic nitrogens is 2. The van der Waals surface area contributed by atoms with E-state index in [9.17, 15) is 0 Å². The first-order chi connectivity index (χ1) is 5.68. The highest BCUT2D eigenvalue weighted by atomic mass is 127. The molecule has 2 rings (SSSR count). The maximum atomic E-state index is 5.71. The summed E-state index contributed by atoms with van der Waals surface area (Å²) < 4.78 is 1.04. The third kappa shape index (κ3) is 1.06. The highest BCUT2D eigenvalue weighted by Gasteiger charge is 2.05. The fraction of sp³-hybridized carbons (Fsp3) is 0.125. The number of rotatable bonds is 0. The number of anilines is 1. The van der Waals surface area contributed by atoms with Crippen molar-refractivity contribution < 1.29 is 0 Å². The molecule has 1 heterocycles. The fourth-order valence-corrected chi connectivity index (χ4v) is 1.82. The summed E-state index contributed by atoms with van der Waals surface area (Å²) in [5.41, 5.74) is 8.62. The lowest BCUT2D eigenvalue weighted by Crippen LogP contribution is -1.86. The van der Waals surface area contributed by atoms with Gasteiger partial charge < -0.3 is 5.73 Å². The zero-order valence-electron chi connectivity index (χ0n) is 6.56. The molecule has 0 saturated heterocycles. The van der Waals surface area contributed by atoms with Gasteiger partial charge in [-0.1, -0.05) is 0 Å². The summed E-state index contributed by atoms with van der Waals surface area (Å²) >= 11 is 2.21. The Morgan fingerprint density at radius 1 is 1.50 bits per heavy atom. The largest absolute Gasteiger partial charge is 0.399 e. The Labute approximate surface area is 83.5 Å². The maximum Gasteiger partial charge on any atom is 0.104 e. The van der Waals surface area contributed by atoms with Crippen molar-refractivity contribution in [2.45, 2.75) is 6.92 Å². The number of halogens is 1. The van der Waals surface area contributed by atoms with Crippen LogP contribution in [0.3, 0.4) is 0 Å². The molecule has 3 nitrogen and oxygen atoms in total. The van der Waals surface area contributed by atoms with Crippen molar-refractivity contribution in [2.24, 2.45) is 0 Å². The van der Waals surface area contributed by atoms with Crippen LogP contribution in [0.5, 0.6) is 0 Å². The van der Waals surface area contributed by atoms with Gasteiger partial charge in [-0.2, -0.15) is 5.10 Å². The van der Waals surface area contributed by atoms with Crippen molar-refractivity contribution >= 4 is 39.2 Å². The van der Waals surface area contributed by atoms with Crippen molar-refractivity contribution in [3.63, 3.8) is 0 Å². The molecule has 0 fully saturated rings. The van der Waals surface area contributed by atoms with Crippen LogP contribution in [0.1, 0.15) is 5.56 Å². The fourth-order valence-electron chi connectivity index (χ4n) is 1.29. The lowest BCUT2D eigenvalue weighted by molar-refractivity contribution is 1.09. The van der Waals surface area contributed by atoms with E-state index in [1.807, 2.05) is 19.1 Å². The first kappa shape index (κ1) is 7.85. The predicted molar refractivity (Wildman–Crippen MR) is 58.0 cm³/mol. The third-order valence-electron chi connectivity index (χ3n) is 1.83. The van der Waals surface area contributed by atoms with E-state index in [4.69, 9.17) is 5.73 Å². The minimum Gasteiger partial charge on any atom is -0.399 e. The number of fused-ring (bicyclic) bond motifs is 1. The third-order valence-corrected chi connectivity index (χ3v) is 2.65. The molecule has 0 aliphatic rings. The van der Waals surface area contributed by atoms with Gasteiger partial charge in [-0.15, -0.1) is 0 Å². The molecule has 4 heteroatoms. The van der Waals surface area contributed by atoms with E-state index in [1.165, 1.54) is 0 Å². The van der Waals surface area contributed by atoms with Crippen molar-refractivity contribution in [1.82, 2.24) is 10.2 Å². The minimum absolute atomic E-state index is 0.791. The molecule has 0 spiro atoms. The molecule has 0 unspecified atom stereocenters. The summed E-state index contributed by atoms with van der Waals surface area (Å²) in [6.45, 7) is 2.01. The van der Waals surface area contributed by atoms with Gasteiger partial charge in [-0.3, -0.25) is 5.10 Å². The van der Waals surface area contributed by atoms with Gasteiger partial charge in [0.25, 0.3) is 0 Å². The molecule has 2 aromatic rings. The van der Waals surface area contributed by atoms with Gasteiger partial charge in [0.2, 0.25) is 0 Å². The molecule has 1 aromatic heterocycles. The van der Waals surface area contributed by atoms with E-state index < -0.39 is 0 Å². The van der Waals surface area contributed by atoms with E-state index in [1.54, 1.807) is 0 Å². The smallest absolute Gasteiger partial charge is 0.104 e. The lowest BCUT2D eigenvalue weighted by Gasteiger charge is -1.96. The van der Waals surface area contributed by atoms with Gasteiger partial charge in [0.15, 0.2) is 0 Å². The maximum absolute atomic E-state index is 5.71. The molecule has 0 bridgehead atoms. The van der Waals surface area contributed by atoms with E-state index in [2.05, 4.69) is 32.8 Å². The van der Waals surface area contributed by atoms with Gasteiger partial charge in [0, 0.05) is 11.1 Å². The lowest BCUT2D eigenvalue weighted by atomic mass is 10.1. The second-order valence-electron chi connectivity index (χ2n) is 2.77. The normalized spacial score (nSPS) is 10.8. The molecule has 0 saturated carbocycles. The Morgan fingerprint density at radius 3 is 3.00 bits per heavy atom.